The monoisotopic (exact) mass is 798 g/mol. The number of unbranched alkanes of at least 4 members (excludes halogenated alkanes) is 24. The van der Waals surface area contributed by atoms with Gasteiger partial charge in [0.2, 0.25) is 5.91 Å². The topological polar surface area (TPSA) is 95.9 Å². The lowest BCUT2D eigenvalue weighted by atomic mass is 10.0. The van der Waals surface area contributed by atoms with Crippen molar-refractivity contribution in [3.63, 3.8) is 0 Å². The quantitative estimate of drug-likeness (QED) is 0.0325. The van der Waals surface area contributed by atoms with Crippen LogP contribution < -0.4 is 5.32 Å². The van der Waals surface area contributed by atoms with Crippen LogP contribution in [0.15, 0.2) is 60.8 Å². The van der Waals surface area contributed by atoms with Crippen molar-refractivity contribution in [2.75, 3.05) is 6.61 Å². The molecule has 0 saturated carbocycles. The average molecular weight is 798 g/mol. The van der Waals surface area contributed by atoms with Gasteiger partial charge in [0.05, 0.1) is 25.2 Å². The van der Waals surface area contributed by atoms with E-state index in [9.17, 15) is 19.8 Å². The summed E-state index contributed by atoms with van der Waals surface area (Å²) in [6.07, 6.45) is 54.2. The molecule has 0 aromatic carbocycles. The van der Waals surface area contributed by atoms with E-state index in [0.717, 1.165) is 70.6 Å². The van der Waals surface area contributed by atoms with Crippen LogP contribution in [0, 0.1) is 0 Å². The highest BCUT2D eigenvalue weighted by Crippen LogP contribution is 2.18. The van der Waals surface area contributed by atoms with Crippen LogP contribution in [0.3, 0.4) is 0 Å². The molecule has 57 heavy (non-hydrogen) atoms. The third kappa shape index (κ3) is 40.1. The zero-order valence-electron chi connectivity index (χ0n) is 37.5. The molecule has 330 valence electrons. The van der Waals surface area contributed by atoms with Crippen LogP contribution in [0.1, 0.15) is 226 Å². The van der Waals surface area contributed by atoms with Gasteiger partial charge in [-0.15, -0.1) is 0 Å². The van der Waals surface area contributed by atoms with E-state index >= 15 is 0 Å². The lowest BCUT2D eigenvalue weighted by Crippen LogP contribution is -2.46. The molecule has 0 fully saturated rings. The largest absolute Gasteiger partial charge is 0.462 e. The minimum Gasteiger partial charge on any atom is -0.462 e. The predicted molar refractivity (Wildman–Crippen MR) is 245 cm³/mol. The van der Waals surface area contributed by atoms with Crippen LogP contribution >= 0.6 is 0 Å². The first-order valence-electron chi connectivity index (χ1n) is 24.1. The van der Waals surface area contributed by atoms with Crippen LogP contribution in [0.5, 0.6) is 0 Å². The van der Waals surface area contributed by atoms with E-state index in [-0.39, 0.29) is 24.9 Å². The summed E-state index contributed by atoms with van der Waals surface area (Å²) in [6, 6.07) is -0.708. The van der Waals surface area contributed by atoms with Crippen molar-refractivity contribution in [3.05, 3.63) is 60.8 Å². The number of aliphatic hydroxyl groups excluding tert-OH is 2. The first-order valence-corrected chi connectivity index (χ1v) is 24.1. The second-order valence-electron chi connectivity index (χ2n) is 16.3. The lowest BCUT2D eigenvalue weighted by molar-refractivity contribution is -0.151. The molecule has 0 radical (unpaired) electrons. The van der Waals surface area contributed by atoms with Gasteiger partial charge in [0.15, 0.2) is 0 Å². The molecule has 0 spiro atoms. The van der Waals surface area contributed by atoms with Gasteiger partial charge >= 0.3 is 5.97 Å². The molecule has 0 aromatic rings. The summed E-state index contributed by atoms with van der Waals surface area (Å²) in [6.45, 7) is 6.31. The molecule has 0 aliphatic heterocycles. The van der Waals surface area contributed by atoms with E-state index in [0.29, 0.717) is 19.3 Å². The Hall–Kier alpha value is -2.44. The number of nitrogens with one attached hydrogen (secondary N) is 1. The van der Waals surface area contributed by atoms with Gasteiger partial charge in [-0.3, -0.25) is 9.59 Å². The Bertz CT molecular complexity index is 1030. The molecule has 6 nitrogen and oxygen atoms in total. The highest BCUT2D eigenvalue weighted by molar-refractivity contribution is 5.77. The number of carbonyl (C=O) groups excluding carboxylic acids is 2. The molecule has 0 rings (SSSR count). The molecular weight excluding hydrogens is 707 g/mol. The Morgan fingerprint density at radius 2 is 0.947 bits per heavy atom. The Morgan fingerprint density at radius 3 is 1.42 bits per heavy atom. The highest BCUT2D eigenvalue weighted by Gasteiger charge is 2.24. The number of carbonyl (C=O) groups is 2. The number of aliphatic hydroxyl groups is 2. The number of amides is 1. The van der Waals surface area contributed by atoms with Crippen LogP contribution in [0.25, 0.3) is 0 Å². The van der Waals surface area contributed by atoms with Crippen LogP contribution in [0.4, 0.5) is 0 Å². The average Bonchev–Trinajstić information content (AvgIpc) is 3.20. The first kappa shape index (κ1) is 54.6. The number of allylic oxidation sites excluding steroid dienone is 10. The van der Waals surface area contributed by atoms with Gasteiger partial charge in [0.25, 0.3) is 0 Å². The second-order valence-corrected chi connectivity index (χ2v) is 16.3. The van der Waals surface area contributed by atoms with Crippen molar-refractivity contribution in [2.24, 2.45) is 0 Å². The SMILES string of the molecule is CC/C=C/C=C/C=C\C=C/C=C/CCCCCC(=O)OC(CCCCCCCCCCCCCCCC)CC(=O)NC(CO)C(O)CCCCCCCCCCC. The molecule has 0 heterocycles. The van der Waals surface area contributed by atoms with Crippen molar-refractivity contribution in [1.82, 2.24) is 5.32 Å². The summed E-state index contributed by atoms with van der Waals surface area (Å²) < 4.78 is 5.90. The van der Waals surface area contributed by atoms with Gasteiger partial charge < -0.3 is 20.3 Å². The molecular formula is C51H91NO5. The molecule has 3 atom stereocenters. The maximum absolute atomic E-state index is 13.1. The van der Waals surface area contributed by atoms with Gasteiger partial charge in [-0.1, -0.05) is 229 Å². The highest BCUT2D eigenvalue weighted by atomic mass is 16.5. The Balaban J connectivity index is 4.67. The van der Waals surface area contributed by atoms with Gasteiger partial charge in [0.1, 0.15) is 6.10 Å². The summed E-state index contributed by atoms with van der Waals surface area (Å²) in [5.74, 6) is -0.521. The zero-order valence-corrected chi connectivity index (χ0v) is 37.5. The molecule has 0 aromatic heterocycles. The van der Waals surface area contributed by atoms with Crippen LogP contribution in [-0.4, -0.2) is 46.9 Å². The van der Waals surface area contributed by atoms with E-state index in [1.54, 1.807) is 0 Å². The Labute approximate surface area is 352 Å². The van der Waals surface area contributed by atoms with Gasteiger partial charge in [-0.25, -0.2) is 0 Å². The van der Waals surface area contributed by atoms with Gasteiger partial charge in [0, 0.05) is 6.42 Å². The van der Waals surface area contributed by atoms with E-state index in [1.807, 2.05) is 42.5 Å². The van der Waals surface area contributed by atoms with Crippen molar-refractivity contribution in [2.45, 2.75) is 244 Å². The smallest absolute Gasteiger partial charge is 0.306 e. The fourth-order valence-corrected chi connectivity index (χ4v) is 7.10. The van der Waals surface area contributed by atoms with E-state index < -0.39 is 18.2 Å². The number of hydrogen-bond donors (Lipinski definition) is 3. The van der Waals surface area contributed by atoms with Crippen LogP contribution in [0.2, 0.25) is 0 Å². The van der Waals surface area contributed by atoms with E-state index in [4.69, 9.17) is 4.74 Å². The molecule has 1 amide bonds. The molecule has 3 N–H and O–H groups in total. The summed E-state index contributed by atoms with van der Waals surface area (Å²) in [5.41, 5.74) is 0. The van der Waals surface area contributed by atoms with Crippen molar-refractivity contribution >= 4 is 11.9 Å². The molecule has 0 aliphatic carbocycles. The molecule has 0 saturated heterocycles. The number of ether oxygens (including phenoxy) is 1. The fourth-order valence-electron chi connectivity index (χ4n) is 7.10. The van der Waals surface area contributed by atoms with Gasteiger partial charge in [-0.2, -0.15) is 0 Å². The minimum absolute atomic E-state index is 0.0606. The summed E-state index contributed by atoms with van der Waals surface area (Å²) in [5, 5.41) is 23.6. The lowest BCUT2D eigenvalue weighted by Gasteiger charge is -2.24. The standard InChI is InChI=1S/C51H91NO5/c1-4-7-10-13-16-19-21-23-25-27-29-32-35-38-41-44-51(56)57-47(42-39-36-33-31-28-26-24-22-20-17-14-11-8-5-2)45-50(55)52-48(46-53)49(54)43-40-37-34-30-18-15-12-9-6-3/h7,10,13,16,19,21,23,25,27,29,47-49,53-54H,4-6,8-9,11-12,14-15,17-18,20,22,24,26,28,30-46H2,1-3H3,(H,52,55)/b10-7+,16-13+,21-19-,25-23-,29-27+. The predicted octanol–water partition coefficient (Wildman–Crippen LogP) is 14.1. The van der Waals surface area contributed by atoms with Crippen molar-refractivity contribution < 1.29 is 24.5 Å². The van der Waals surface area contributed by atoms with E-state index in [1.165, 1.54) is 109 Å². The Morgan fingerprint density at radius 1 is 0.526 bits per heavy atom. The molecule has 6 heteroatoms. The summed E-state index contributed by atoms with van der Waals surface area (Å²) in [4.78, 5) is 26.0. The third-order valence-electron chi connectivity index (χ3n) is 10.7. The second kappa shape index (κ2) is 44.7. The number of esters is 1. The van der Waals surface area contributed by atoms with Crippen molar-refractivity contribution in [3.8, 4) is 0 Å². The maximum Gasteiger partial charge on any atom is 0.306 e. The van der Waals surface area contributed by atoms with Gasteiger partial charge in [-0.05, 0) is 44.9 Å². The Kier molecular flexibility index (Phi) is 42.7. The molecule has 3 unspecified atom stereocenters. The minimum atomic E-state index is -0.793. The summed E-state index contributed by atoms with van der Waals surface area (Å²) >= 11 is 0. The maximum atomic E-state index is 13.1. The molecule has 0 aliphatic rings. The zero-order chi connectivity index (χ0) is 41.7. The molecule has 0 bridgehead atoms. The van der Waals surface area contributed by atoms with E-state index in [2.05, 4.69) is 44.3 Å². The number of hydrogen-bond acceptors (Lipinski definition) is 5. The third-order valence-corrected chi connectivity index (χ3v) is 10.7. The fraction of sp³-hybridized carbons (Fsp3) is 0.765. The van der Waals surface area contributed by atoms with Crippen molar-refractivity contribution in [1.29, 1.82) is 0 Å². The van der Waals surface area contributed by atoms with Crippen LogP contribution in [-0.2, 0) is 14.3 Å². The normalized spacial score (nSPS) is 13.8. The first-order chi connectivity index (χ1) is 28.0. The number of rotatable bonds is 42. The summed E-state index contributed by atoms with van der Waals surface area (Å²) in [7, 11) is 0.